The van der Waals surface area contributed by atoms with Gasteiger partial charge in [-0.1, -0.05) is 72.7 Å². The summed E-state index contributed by atoms with van der Waals surface area (Å²) in [5, 5.41) is 6.48. The van der Waals surface area contributed by atoms with Crippen LogP contribution in [0.4, 0.5) is 0 Å². The van der Waals surface area contributed by atoms with Gasteiger partial charge in [-0.15, -0.1) is 0 Å². The van der Waals surface area contributed by atoms with E-state index in [4.69, 9.17) is 15.3 Å². The number of likely N-dealkylation sites (N-methyl/N-ethyl adjacent to an activating group) is 1. The van der Waals surface area contributed by atoms with Crippen molar-refractivity contribution < 1.29 is 14.3 Å². The van der Waals surface area contributed by atoms with Crippen LogP contribution in [0.15, 0.2) is 24.3 Å². The molecular formula is C34H63N3O3S. The van der Waals surface area contributed by atoms with Crippen LogP contribution in [0.2, 0.25) is 0 Å². The Morgan fingerprint density at radius 3 is 1.95 bits per heavy atom. The maximum atomic E-state index is 13.7. The number of carbonyl (C=O) groups is 2. The van der Waals surface area contributed by atoms with Gasteiger partial charge in [0.1, 0.15) is 6.29 Å². The Morgan fingerprint density at radius 1 is 0.976 bits per heavy atom. The first-order chi connectivity index (χ1) is 18.7. The second kappa shape index (κ2) is 17.0. The van der Waals surface area contributed by atoms with Crippen LogP contribution in [0.1, 0.15) is 112 Å². The predicted octanol–water partition coefficient (Wildman–Crippen LogP) is 6.77. The topological polar surface area (TPSA) is 93.5 Å². The molecule has 7 heteroatoms. The number of nitrogens with one attached hydrogen (secondary N) is 2. The van der Waals surface area contributed by atoms with Gasteiger partial charge in [-0.25, -0.2) is 0 Å². The number of ether oxygens (including phenoxy) is 1. The standard InChI is InChI=1S/C32H59N3O2S.C2H4O/c1-28(2,3)21-26(25-15-13-24(22-38)14-16-25)30(6,7)29(4,5)23-32(10,31(8,9)33)27(36)37-20-12-17-35-19-18-34-11;1-2-3/h13-16,26,34-35,38H,12,17-23,33H2,1-11H3;2H,1H3. The van der Waals surface area contributed by atoms with Crippen molar-refractivity contribution in [3.63, 3.8) is 0 Å². The first-order valence-corrected chi connectivity index (χ1v) is 15.8. The number of thiol groups is 1. The van der Waals surface area contributed by atoms with Gasteiger partial charge in [0.05, 0.1) is 12.0 Å². The fourth-order valence-corrected chi connectivity index (χ4v) is 5.47. The van der Waals surface area contributed by atoms with Gasteiger partial charge in [-0.2, -0.15) is 12.6 Å². The van der Waals surface area contributed by atoms with E-state index in [-0.39, 0.29) is 22.2 Å². The van der Waals surface area contributed by atoms with E-state index in [1.54, 1.807) is 0 Å². The fourth-order valence-electron chi connectivity index (χ4n) is 5.26. The molecule has 4 N–H and O–H groups in total. The second-order valence-corrected chi connectivity index (χ2v) is 14.9. The van der Waals surface area contributed by atoms with Gasteiger partial charge in [0.15, 0.2) is 0 Å². The van der Waals surface area contributed by atoms with E-state index in [0.717, 1.165) is 44.5 Å². The summed E-state index contributed by atoms with van der Waals surface area (Å²) in [6.07, 6.45) is 3.20. The molecule has 238 valence electrons. The number of rotatable bonds is 16. The van der Waals surface area contributed by atoms with Gasteiger partial charge in [0, 0.05) is 24.4 Å². The Kier molecular flexibility index (Phi) is 16.4. The van der Waals surface area contributed by atoms with Gasteiger partial charge in [0.25, 0.3) is 0 Å². The highest BCUT2D eigenvalue weighted by Crippen LogP contribution is 2.57. The average Bonchev–Trinajstić information content (AvgIpc) is 2.85. The molecule has 1 aromatic rings. The first kappa shape index (κ1) is 39.6. The number of hydrogen-bond donors (Lipinski definition) is 4. The average molecular weight is 594 g/mol. The Labute approximate surface area is 258 Å². The van der Waals surface area contributed by atoms with Crippen molar-refractivity contribution in [1.82, 2.24) is 10.6 Å². The lowest BCUT2D eigenvalue weighted by atomic mass is 9.51. The largest absolute Gasteiger partial charge is 0.465 e. The van der Waals surface area contributed by atoms with E-state index >= 15 is 0 Å². The summed E-state index contributed by atoms with van der Waals surface area (Å²) in [5.41, 5.74) is 7.53. The summed E-state index contributed by atoms with van der Waals surface area (Å²) in [4.78, 5) is 22.5. The molecule has 0 aliphatic carbocycles. The zero-order chi connectivity index (χ0) is 32.1. The molecule has 2 unspecified atom stereocenters. The number of nitrogens with two attached hydrogens (primary N) is 1. The van der Waals surface area contributed by atoms with Crippen molar-refractivity contribution in [2.75, 3.05) is 33.3 Å². The summed E-state index contributed by atoms with van der Waals surface area (Å²) >= 11 is 4.45. The predicted molar refractivity (Wildman–Crippen MR) is 179 cm³/mol. The van der Waals surface area contributed by atoms with Crippen molar-refractivity contribution in [1.29, 1.82) is 0 Å². The lowest BCUT2D eigenvalue weighted by molar-refractivity contribution is -0.163. The maximum absolute atomic E-state index is 13.7. The molecule has 0 aliphatic heterocycles. The molecule has 0 aromatic heterocycles. The second-order valence-electron chi connectivity index (χ2n) is 14.6. The summed E-state index contributed by atoms with van der Waals surface area (Å²) in [7, 11) is 1.94. The molecule has 0 fully saturated rings. The normalized spacial score (nSPS) is 14.9. The summed E-state index contributed by atoms with van der Waals surface area (Å²) in [6, 6.07) is 8.92. The number of esters is 1. The third-order valence-electron chi connectivity index (χ3n) is 8.95. The molecule has 0 heterocycles. The smallest absolute Gasteiger partial charge is 0.313 e. The van der Waals surface area contributed by atoms with E-state index in [2.05, 4.69) is 96.0 Å². The van der Waals surface area contributed by atoms with Crippen LogP contribution in [0.5, 0.6) is 0 Å². The summed E-state index contributed by atoms with van der Waals surface area (Å²) < 4.78 is 5.87. The lowest BCUT2D eigenvalue weighted by Crippen LogP contribution is -2.57. The quantitative estimate of drug-likeness (QED) is 0.0732. The molecule has 41 heavy (non-hydrogen) atoms. The third-order valence-corrected chi connectivity index (χ3v) is 9.31. The van der Waals surface area contributed by atoms with E-state index in [0.29, 0.717) is 18.9 Å². The molecular weight excluding hydrogens is 530 g/mol. The van der Waals surface area contributed by atoms with Crippen molar-refractivity contribution in [2.24, 2.45) is 27.4 Å². The van der Waals surface area contributed by atoms with Gasteiger partial charge in [0.2, 0.25) is 0 Å². The first-order valence-electron chi connectivity index (χ1n) is 15.1. The zero-order valence-corrected chi connectivity index (χ0v) is 29.3. The van der Waals surface area contributed by atoms with Gasteiger partial charge < -0.3 is 25.9 Å². The molecule has 0 radical (unpaired) electrons. The lowest BCUT2D eigenvalue weighted by Gasteiger charge is -2.53. The monoisotopic (exact) mass is 593 g/mol. The van der Waals surface area contributed by atoms with Crippen LogP contribution in [-0.2, 0) is 20.1 Å². The van der Waals surface area contributed by atoms with E-state index in [1.807, 2.05) is 27.8 Å². The zero-order valence-electron chi connectivity index (χ0n) is 28.4. The van der Waals surface area contributed by atoms with E-state index in [1.165, 1.54) is 18.1 Å². The van der Waals surface area contributed by atoms with Crippen LogP contribution in [0.3, 0.4) is 0 Å². The minimum absolute atomic E-state index is 0.132. The Hall–Kier alpha value is -1.41. The van der Waals surface area contributed by atoms with Crippen LogP contribution < -0.4 is 16.4 Å². The number of benzene rings is 1. The fraction of sp³-hybridized carbons (Fsp3) is 0.765. The summed E-state index contributed by atoms with van der Waals surface area (Å²) in [6.45, 7) is 26.6. The van der Waals surface area contributed by atoms with Crippen molar-refractivity contribution in [3.05, 3.63) is 35.4 Å². The Morgan fingerprint density at radius 2 is 1.51 bits per heavy atom. The van der Waals surface area contributed by atoms with Gasteiger partial charge in [-0.05, 0) is 93.8 Å². The molecule has 0 saturated carbocycles. The minimum atomic E-state index is -0.838. The maximum Gasteiger partial charge on any atom is 0.313 e. The number of hydrogen-bond acceptors (Lipinski definition) is 7. The minimum Gasteiger partial charge on any atom is -0.465 e. The highest BCUT2D eigenvalue weighted by atomic mass is 32.1. The SMILES string of the molecule is CC=O.CNCCNCCCOC(=O)C(C)(CC(C)(C)C(C)(C)C(CC(C)(C)C)c1ccc(CS)cc1)C(C)(C)N. The van der Waals surface area contributed by atoms with E-state index < -0.39 is 11.0 Å². The molecule has 1 aromatic carbocycles. The van der Waals surface area contributed by atoms with Crippen LogP contribution in [0.25, 0.3) is 0 Å². The third kappa shape index (κ3) is 12.4. The van der Waals surface area contributed by atoms with Crippen LogP contribution in [0, 0.1) is 21.7 Å². The van der Waals surface area contributed by atoms with Crippen molar-refractivity contribution in [2.45, 2.75) is 113 Å². The highest BCUT2D eigenvalue weighted by molar-refractivity contribution is 7.79. The van der Waals surface area contributed by atoms with Gasteiger partial charge >= 0.3 is 5.97 Å². The van der Waals surface area contributed by atoms with E-state index in [9.17, 15) is 4.79 Å². The number of aldehydes is 1. The summed E-state index contributed by atoms with van der Waals surface area (Å²) in [5.74, 6) is 0.836. The number of carbonyl (C=O) groups excluding carboxylic acids is 2. The molecule has 0 spiro atoms. The molecule has 1 rings (SSSR count). The molecule has 0 aliphatic rings. The van der Waals surface area contributed by atoms with Crippen LogP contribution in [-0.4, -0.2) is 51.1 Å². The Bertz CT molecular complexity index is 901. The molecule has 6 nitrogen and oxygen atoms in total. The Balaban J connectivity index is 0.00000509. The highest BCUT2D eigenvalue weighted by Gasteiger charge is 2.54. The molecule has 0 saturated heterocycles. The molecule has 0 bridgehead atoms. The van der Waals surface area contributed by atoms with Gasteiger partial charge in [-0.3, -0.25) is 4.79 Å². The molecule has 0 amide bonds. The van der Waals surface area contributed by atoms with Crippen LogP contribution >= 0.6 is 12.6 Å². The molecule has 2 atom stereocenters. The van der Waals surface area contributed by atoms with Crippen molar-refractivity contribution in [3.8, 4) is 0 Å². The van der Waals surface area contributed by atoms with Crippen molar-refractivity contribution >= 4 is 24.9 Å².